The molecule has 2 aromatic rings. The number of amides is 2. The summed E-state index contributed by atoms with van der Waals surface area (Å²) >= 11 is 0. The molecule has 1 aliphatic rings. The molecule has 2 amide bonds. The average molecular weight is 369 g/mol. The van der Waals surface area contributed by atoms with Gasteiger partial charge in [-0.1, -0.05) is 26.8 Å². The molecule has 0 atom stereocenters. The first-order valence-corrected chi connectivity index (χ1v) is 9.36. The molecular weight excluding hydrogens is 342 g/mol. The Balaban J connectivity index is 1.47. The summed E-state index contributed by atoms with van der Waals surface area (Å²) in [5, 5.41) is 7.13. The SMILES string of the molecule is CC(C)(C)C(=O)N1CCC(C(=O)NCc2ccc(-n3cccn3)nc2)CC1. The third kappa shape index (κ3) is 4.72. The molecule has 0 bridgehead atoms. The van der Waals surface area contributed by atoms with E-state index >= 15 is 0 Å². The smallest absolute Gasteiger partial charge is 0.227 e. The molecule has 0 aromatic carbocycles. The Morgan fingerprint density at radius 3 is 2.52 bits per heavy atom. The number of likely N-dealkylation sites (tertiary alicyclic amines) is 1. The van der Waals surface area contributed by atoms with Crippen LogP contribution in [0.4, 0.5) is 0 Å². The molecule has 7 heteroatoms. The second-order valence-corrected chi connectivity index (χ2v) is 8.01. The number of carbonyl (C=O) groups is 2. The lowest BCUT2D eigenvalue weighted by Crippen LogP contribution is -2.46. The maximum absolute atomic E-state index is 12.4. The van der Waals surface area contributed by atoms with E-state index in [1.165, 1.54) is 0 Å². The van der Waals surface area contributed by atoms with Gasteiger partial charge >= 0.3 is 0 Å². The topological polar surface area (TPSA) is 80.1 Å². The van der Waals surface area contributed by atoms with Crippen molar-refractivity contribution in [2.75, 3.05) is 13.1 Å². The van der Waals surface area contributed by atoms with Crippen LogP contribution in [0.1, 0.15) is 39.2 Å². The Morgan fingerprint density at radius 2 is 1.96 bits per heavy atom. The molecule has 7 nitrogen and oxygen atoms in total. The molecule has 27 heavy (non-hydrogen) atoms. The van der Waals surface area contributed by atoms with Crippen LogP contribution in [0.2, 0.25) is 0 Å². The zero-order valence-electron chi connectivity index (χ0n) is 16.2. The number of hydrogen-bond acceptors (Lipinski definition) is 4. The van der Waals surface area contributed by atoms with Gasteiger partial charge in [0.15, 0.2) is 5.82 Å². The largest absolute Gasteiger partial charge is 0.352 e. The van der Waals surface area contributed by atoms with E-state index < -0.39 is 0 Å². The molecule has 1 saturated heterocycles. The Kier molecular flexibility index (Phi) is 5.58. The van der Waals surface area contributed by atoms with E-state index in [-0.39, 0.29) is 23.1 Å². The summed E-state index contributed by atoms with van der Waals surface area (Å²) in [6.07, 6.45) is 6.72. The highest BCUT2D eigenvalue weighted by Crippen LogP contribution is 2.23. The van der Waals surface area contributed by atoms with E-state index in [0.717, 1.165) is 11.4 Å². The van der Waals surface area contributed by atoms with Crippen molar-refractivity contribution in [2.45, 2.75) is 40.2 Å². The van der Waals surface area contributed by atoms with Crippen LogP contribution in [0.5, 0.6) is 0 Å². The van der Waals surface area contributed by atoms with Crippen molar-refractivity contribution in [1.82, 2.24) is 25.0 Å². The number of rotatable bonds is 4. The molecular formula is C20H27N5O2. The molecule has 2 aromatic heterocycles. The van der Waals surface area contributed by atoms with Gasteiger partial charge in [-0.25, -0.2) is 9.67 Å². The van der Waals surface area contributed by atoms with E-state index in [9.17, 15) is 9.59 Å². The van der Waals surface area contributed by atoms with Crippen molar-refractivity contribution in [3.8, 4) is 5.82 Å². The van der Waals surface area contributed by atoms with Gasteiger partial charge in [0.25, 0.3) is 0 Å². The molecule has 0 unspecified atom stereocenters. The standard InChI is InChI=1S/C20H27N5O2/c1-20(2,3)19(27)24-11-7-16(8-12-24)18(26)22-14-15-5-6-17(21-13-15)25-10-4-9-23-25/h4-6,9-10,13,16H,7-8,11-12,14H2,1-3H3,(H,22,26). The molecule has 144 valence electrons. The number of aromatic nitrogens is 3. The van der Waals surface area contributed by atoms with Crippen molar-refractivity contribution >= 4 is 11.8 Å². The van der Waals surface area contributed by atoms with E-state index in [2.05, 4.69) is 15.4 Å². The van der Waals surface area contributed by atoms with Gasteiger partial charge in [0.05, 0.1) is 0 Å². The lowest BCUT2D eigenvalue weighted by Gasteiger charge is -2.35. The minimum Gasteiger partial charge on any atom is -0.352 e. The van der Waals surface area contributed by atoms with Crippen LogP contribution in [-0.2, 0) is 16.1 Å². The first-order chi connectivity index (χ1) is 12.8. The van der Waals surface area contributed by atoms with Gasteiger partial charge in [-0.15, -0.1) is 0 Å². The highest BCUT2D eigenvalue weighted by molar-refractivity contribution is 5.82. The number of carbonyl (C=O) groups excluding carboxylic acids is 2. The van der Waals surface area contributed by atoms with Gasteiger partial charge in [0, 0.05) is 49.6 Å². The summed E-state index contributed by atoms with van der Waals surface area (Å²) in [4.78, 5) is 31.0. The lowest BCUT2D eigenvalue weighted by molar-refractivity contribution is -0.142. The fourth-order valence-electron chi connectivity index (χ4n) is 3.21. The molecule has 0 spiro atoms. The first kappa shape index (κ1) is 19.1. The number of piperidine rings is 1. The normalized spacial score (nSPS) is 15.6. The number of hydrogen-bond donors (Lipinski definition) is 1. The van der Waals surface area contributed by atoms with Crippen molar-refractivity contribution in [3.05, 3.63) is 42.4 Å². The maximum atomic E-state index is 12.4. The quantitative estimate of drug-likeness (QED) is 0.896. The van der Waals surface area contributed by atoms with Crippen LogP contribution >= 0.6 is 0 Å². The van der Waals surface area contributed by atoms with Crippen LogP contribution in [-0.4, -0.2) is 44.6 Å². The summed E-state index contributed by atoms with van der Waals surface area (Å²) in [5.41, 5.74) is 0.573. The van der Waals surface area contributed by atoms with Gasteiger partial charge in [-0.3, -0.25) is 9.59 Å². The number of nitrogens with one attached hydrogen (secondary N) is 1. The fraction of sp³-hybridized carbons (Fsp3) is 0.500. The van der Waals surface area contributed by atoms with Crippen LogP contribution in [0.3, 0.4) is 0 Å². The first-order valence-electron chi connectivity index (χ1n) is 9.36. The Bertz CT molecular complexity index is 770. The average Bonchev–Trinajstić information content (AvgIpc) is 3.20. The molecule has 0 saturated carbocycles. The van der Waals surface area contributed by atoms with Gasteiger partial charge in [-0.2, -0.15) is 5.10 Å². The Morgan fingerprint density at radius 1 is 1.22 bits per heavy atom. The van der Waals surface area contributed by atoms with E-state index in [1.54, 1.807) is 17.1 Å². The number of pyridine rings is 1. The molecule has 3 heterocycles. The maximum Gasteiger partial charge on any atom is 0.227 e. The van der Waals surface area contributed by atoms with Crippen molar-refractivity contribution < 1.29 is 9.59 Å². The monoisotopic (exact) mass is 369 g/mol. The third-order valence-electron chi connectivity index (χ3n) is 4.81. The Labute approximate surface area is 159 Å². The molecule has 0 radical (unpaired) electrons. The molecule has 1 N–H and O–H groups in total. The zero-order valence-corrected chi connectivity index (χ0v) is 16.2. The van der Waals surface area contributed by atoms with Crippen LogP contribution < -0.4 is 5.32 Å². The molecule has 0 aliphatic carbocycles. The highest BCUT2D eigenvalue weighted by atomic mass is 16.2. The van der Waals surface area contributed by atoms with Crippen molar-refractivity contribution in [2.24, 2.45) is 11.3 Å². The molecule has 1 aliphatic heterocycles. The predicted octanol–water partition coefficient (Wildman–Crippen LogP) is 2.17. The van der Waals surface area contributed by atoms with Gasteiger partial charge in [0.2, 0.25) is 11.8 Å². The van der Waals surface area contributed by atoms with E-state index in [0.29, 0.717) is 32.5 Å². The van der Waals surface area contributed by atoms with Crippen molar-refractivity contribution in [1.29, 1.82) is 0 Å². The Hall–Kier alpha value is -2.70. The zero-order chi connectivity index (χ0) is 19.4. The van der Waals surface area contributed by atoms with Gasteiger partial charge in [-0.05, 0) is 30.5 Å². The summed E-state index contributed by atoms with van der Waals surface area (Å²) in [6, 6.07) is 5.66. The minimum atomic E-state index is -0.371. The summed E-state index contributed by atoms with van der Waals surface area (Å²) in [6.45, 7) is 7.54. The van der Waals surface area contributed by atoms with Gasteiger partial charge in [0.1, 0.15) is 0 Å². The fourth-order valence-corrected chi connectivity index (χ4v) is 3.21. The summed E-state index contributed by atoms with van der Waals surface area (Å²) in [5.74, 6) is 0.912. The van der Waals surface area contributed by atoms with Crippen LogP contribution in [0.25, 0.3) is 5.82 Å². The second kappa shape index (κ2) is 7.90. The van der Waals surface area contributed by atoms with E-state index in [1.807, 2.05) is 50.1 Å². The number of nitrogens with zero attached hydrogens (tertiary/aromatic N) is 4. The van der Waals surface area contributed by atoms with E-state index in [4.69, 9.17) is 0 Å². The lowest BCUT2D eigenvalue weighted by atomic mass is 9.90. The third-order valence-corrected chi connectivity index (χ3v) is 4.81. The minimum absolute atomic E-state index is 0.0367. The predicted molar refractivity (Wildman–Crippen MR) is 102 cm³/mol. The molecule has 3 rings (SSSR count). The van der Waals surface area contributed by atoms with Crippen molar-refractivity contribution in [3.63, 3.8) is 0 Å². The highest BCUT2D eigenvalue weighted by Gasteiger charge is 2.32. The van der Waals surface area contributed by atoms with Crippen LogP contribution in [0.15, 0.2) is 36.8 Å². The second-order valence-electron chi connectivity index (χ2n) is 8.01. The van der Waals surface area contributed by atoms with Gasteiger partial charge < -0.3 is 10.2 Å². The summed E-state index contributed by atoms with van der Waals surface area (Å²) < 4.78 is 1.69. The van der Waals surface area contributed by atoms with Crippen LogP contribution in [0, 0.1) is 11.3 Å². The summed E-state index contributed by atoms with van der Waals surface area (Å²) in [7, 11) is 0. The molecule has 1 fully saturated rings.